The van der Waals surface area contributed by atoms with Crippen LogP contribution in [0.3, 0.4) is 0 Å². The van der Waals surface area contributed by atoms with Gasteiger partial charge in [0.2, 0.25) is 5.91 Å². The van der Waals surface area contributed by atoms with Crippen molar-refractivity contribution in [2.45, 2.75) is 19.4 Å². The lowest BCUT2D eigenvalue weighted by atomic mass is 10.0. The van der Waals surface area contributed by atoms with Crippen LogP contribution < -0.4 is 15.8 Å². The first-order chi connectivity index (χ1) is 9.74. The first-order valence-corrected chi connectivity index (χ1v) is 6.64. The number of hydrogen-bond donors (Lipinski definition) is 2. The van der Waals surface area contributed by atoms with Crippen LogP contribution in [0.4, 0.5) is 5.69 Å². The highest BCUT2D eigenvalue weighted by Gasteiger charge is 2.15. The van der Waals surface area contributed by atoms with Crippen molar-refractivity contribution in [1.29, 1.82) is 0 Å². The molecule has 0 fully saturated rings. The highest BCUT2D eigenvalue weighted by Crippen LogP contribution is 2.29. The molecule has 3 rings (SSSR count). The van der Waals surface area contributed by atoms with Crippen molar-refractivity contribution in [3.8, 4) is 11.5 Å². The predicted octanol–water partition coefficient (Wildman–Crippen LogP) is 2.82. The Morgan fingerprint density at radius 2 is 1.80 bits per heavy atom. The van der Waals surface area contributed by atoms with Crippen LogP contribution in [0.5, 0.6) is 11.5 Å². The van der Waals surface area contributed by atoms with Crippen LogP contribution >= 0.6 is 0 Å². The van der Waals surface area contributed by atoms with Gasteiger partial charge in [0, 0.05) is 18.7 Å². The van der Waals surface area contributed by atoms with Gasteiger partial charge in [0.1, 0.15) is 11.5 Å². The Bertz CT molecular complexity index is 635. The maximum atomic E-state index is 11.3. The van der Waals surface area contributed by atoms with Crippen LogP contribution in [0, 0.1) is 0 Å². The van der Waals surface area contributed by atoms with E-state index in [0.29, 0.717) is 13.0 Å². The summed E-state index contributed by atoms with van der Waals surface area (Å²) in [5, 5.41) is 2.86. The lowest BCUT2D eigenvalue weighted by molar-refractivity contribution is -0.116. The van der Waals surface area contributed by atoms with Gasteiger partial charge >= 0.3 is 0 Å². The Kier molecular flexibility index (Phi) is 3.39. The average Bonchev–Trinajstić information content (AvgIpc) is 2.48. The van der Waals surface area contributed by atoms with Gasteiger partial charge in [0.15, 0.2) is 0 Å². The van der Waals surface area contributed by atoms with Gasteiger partial charge in [0.25, 0.3) is 0 Å². The third kappa shape index (κ3) is 2.65. The molecular formula is C16H16N2O2. The number of amides is 1. The van der Waals surface area contributed by atoms with Crippen molar-refractivity contribution in [2.24, 2.45) is 5.73 Å². The minimum Gasteiger partial charge on any atom is -0.457 e. The second-order valence-electron chi connectivity index (χ2n) is 4.82. The summed E-state index contributed by atoms with van der Waals surface area (Å²) >= 11 is 0. The number of hydrogen-bond acceptors (Lipinski definition) is 3. The van der Waals surface area contributed by atoms with Gasteiger partial charge in [0.05, 0.1) is 0 Å². The third-order valence-electron chi connectivity index (χ3n) is 3.37. The van der Waals surface area contributed by atoms with E-state index >= 15 is 0 Å². The smallest absolute Gasteiger partial charge is 0.224 e. The fourth-order valence-electron chi connectivity index (χ4n) is 2.25. The van der Waals surface area contributed by atoms with Gasteiger partial charge in [-0.25, -0.2) is 0 Å². The molecule has 0 aliphatic carbocycles. The molecule has 0 radical (unpaired) electrons. The summed E-state index contributed by atoms with van der Waals surface area (Å²) < 4.78 is 5.82. The van der Waals surface area contributed by atoms with Gasteiger partial charge in [-0.05, 0) is 47.9 Å². The lowest BCUT2D eigenvalue weighted by Gasteiger charge is -2.17. The molecule has 1 heterocycles. The molecule has 0 bridgehead atoms. The Labute approximate surface area is 117 Å². The molecule has 102 valence electrons. The molecule has 2 aromatic carbocycles. The summed E-state index contributed by atoms with van der Waals surface area (Å²) in [6, 6.07) is 13.4. The highest BCUT2D eigenvalue weighted by atomic mass is 16.5. The normalized spacial score (nSPS) is 13.6. The SMILES string of the molecule is NCc1ccc(Oc2ccc3c(c2)CCC(=O)N3)cc1. The van der Waals surface area contributed by atoms with Crippen LogP contribution in [0.25, 0.3) is 0 Å². The van der Waals surface area contributed by atoms with Crippen molar-refractivity contribution in [2.75, 3.05) is 5.32 Å². The molecular weight excluding hydrogens is 252 g/mol. The van der Waals surface area contributed by atoms with E-state index in [-0.39, 0.29) is 5.91 Å². The zero-order valence-corrected chi connectivity index (χ0v) is 11.1. The van der Waals surface area contributed by atoms with Crippen LogP contribution in [-0.4, -0.2) is 5.91 Å². The fourth-order valence-corrected chi connectivity index (χ4v) is 2.25. The van der Waals surface area contributed by atoms with Crippen molar-refractivity contribution >= 4 is 11.6 Å². The van der Waals surface area contributed by atoms with Crippen LogP contribution in [0.1, 0.15) is 17.5 Å². The van der Waals surface area contributed by atoms with E-state index in [1.54, 1.807) is 0 Å². The summed E-state index contributed by atoms with van der Waals surface area (Å²) in [4.78, 5) is 11.3. The number of fused-ring (bicyclic) bond motifs is 1. The Morgan fingerprint density at radius 1 is 1.05 bits per heavy atom. The Morgan fingerprint density at radius 3 is 2.55 bits per heavy atom. The zero-order valence-electron chi connectivity index (χ0n) is 11.1. The summed E-state index contributed by atoms with van der Waals surface area (Å²) in [7, 11) is 0. The minimum absolute atomic E-state index is 0.0727. The standard InChI is InChI=1S/C16H16N2O2/c17-10-11-1-4-13(5-2-11)20-14-6-7-15-12(9-14)3-8-16(19)18-15/h1-2,4-7,9H,3,8,10,17H2,(H,18,19). The third-order valence-corrected chi connectivity index (χ3v) is 3.37. The molecule has 0 saturated carbocycles. The molecule has 4 nitrogen and oxygen atoms in total. The quantitative estimate of drug-likeness (QED) is 0.899. The van der Waals surface area contributed by atoms with Crippen molar-refractivity contribution in [3.63, 3.8) is 0 Å². The van der Waals surface area contributed by atoms with Crippen LogP contribution in [0.2, 0.25) is 0 Å². The van der Waals surface area contributed by atoms with E-state index in [0.717, 1.165) is 34.7 Å². The number of carbonyl (C=O) groups excluding carboxylic acids is 1. The Balaban J connectivity index is 1.79. The van der Waals surface area contributed by atoms with Gasteiger partial charge in [-0.15, -0.1) is 0 Å². The highest BCUT2D eigenvalue weighted by molar-refractivity contribution is 5.94. The monoisotopic (exact) mass is 268 g/mol. The molecule has 20 heavy (non-hydrogen) atoms. The van der Waals surface area contributed by atoms with Gasteiger partial charge in [-0.3, -0.25) is 4.79 Å². The molecule has 0 aromatic heterocycles. The number of anilines is 1. The molecule has 2 aromatic rings. The van der Waals surface area contributed by atoms with E-state index in [9.17, 15) is 4.79 Å². The van der Waals surface area contributed by atoms with E-state index in [4.69, 9.17) is 10.5 Å². The van der Waals surface area contributed by atoms with Gasteiger partial charge in [-0.2, -0.15) is 0 Å². The molecule has 4 heteroatoms. The van der Waals surface area contributed by atoms with Crippen molar-refractivity contribution in [1.82, 2.24) is 0 Å². The largest absolute Gasteiger partial charge is 0.457 e. The molecule has 1 aliphatic rings. The van der Waals surface area contributed by atoms with Crippen LogP contribution in [0.15, 0.2) is 42.5 Å². The molecule has 3 N–H and O–H groups in total. The first kappa shape index (κ1) is 12.7. The fraction of sp³-hybridized carbons (Fsp3) is 0.188. The maximum absolute atomic E-state index is 11.3. The van der Waals surface area contributed by atoms with Crippen LogP contribution in [-0.2, 0) is 17.8 Å². The summed E-state index contributed by atoms with van der Waals surface area (Å²) in [6.07, 6.45) is 1.28. The zero-order chi connectivity index (χ0) is 13.9. The molecule has 0 unspecified atom stereocenters. The number of rotatable bonds is 3. The van der Waals surface area contributed by atoms with Crippen molar-refractivity contribution in [3.05, 3.63) is 53.6 Å². The topological polar surface area (TPSA) is 64.3 Å². The molecule has 1 amide bonds. The number of aryl methyl sites for hydroxylation is 1. The summed E-state index contributed by atoms with van der Waals surface area (Å²) in [5.41, 5.74) is 8.63. The molecule has 0 saturated heterocycles. The number of carbonyl (C=O) groups is 1. The second kappa shape index (κ2) is 5.35. The second-order valence-corrected chi connectivity index (χ2v) is 4.82. The molecule has 0 atom stereocenters. The van der Waals surface area contributed by atoms with Crippen molar-refractivity contribution < 1.29 is 9.53 Å². The minimum atomic E-state index is 0.0727. The van der Waals surface area contributed by atoms with E-state index in [1.807, 2.05) is 42.5 Å². The van der Waals surface area contributed by atoms with Gasteiger partial charge in [-0.1, -0.05) is 12.1 Å². The summed E-state index contributed by atoms with van der Waals surface area (Å²) in [6.45, 7) is 0.527. The Hall–Kier alpha value is -2.33. The number of ether oxygens (including phenoxy) is 1. The van der Waals surface area contributed by atoms with Gasteiger partial charge < -0.3 is 15.8 Å². The predicted molar refractivity (Wildman–Crippen MR) is 77.8 cm³/mol. The first-order valence-electron chi connectivity index (χ1n) is 6.64. The maximum Gasteiger partial charge on any atom is 0.224 e. The number of nitrogens with one attached hydrogen (secondary N) is 1. The molecule has 0 spiro atoms. The van der Waals surface area contributed by atoms with E-state index in [2.05, 4.69) is 5.32 Å². The average molecular weight is 268 g/mol. The molecule has 1 aliphatic heterocycles. The van der Waals surface area contributed by atoms with E-state index < -0.39 is 0 Å². The number of nitrogens with two attached hydrogens (primary N) is 1. The van der Waals surface area contributed by atoms with E-state index in [1.165, 1.54) is 0 Å². The summed E-state index contributed by atoms with van der Waals surface area (Å²) in [5.74, 6) is 1.63. The number of benzene rings is 2. The lowest BCUT2D eigenvalue weighted by Crippen LogP contribution is -2.18.